The van der Waals surface area contributed by atoms with Crippen LogP contribution < -0.4 is 5.56 Å². The number of ether oxygens (including phenoxy) is 1. The van der Waals surface area contributed by atoms with Gasteiger partial charge < -0.3 is 9.64 Å². The van der Waals surface area contributed by atoms with Crippen LogP contribution in [0.4, 0.5) is 4.79 Å². The molecule has 0 bridgehead atoms. The molecule has 1 amide bonds. The molecule has 1 saturated heterocycles. The summed E-state index contributed by atoms with van der Waals surface area (Å²) in [7, 11) is 0. The molecule has 1 aliphatic heterocycles. The van der Waals surface area contributed by atoms with Gasteiger partial charge in [0, 0.05) is 37.3 Å². The maximum Gasteiger partial charge on any atom is 0.409 e. The number of piperidine rings is 1. The summed E-state index contributed by atoms with van der Waals surface area (Å²) in [6.07, 6.45) is 4.67. The van der Waals surface area contributed by atoms with E-state index in [1.165, 1.54) is 0 Å². The second-order valence-corrected chi connectivity index (χ2v) is 8.10. The fraction of sp³-hybridized carbons (Fsp3) is 0.364. The van der Waals surface area contributed by atoms with Gasteiger partial charge in [0.15, 0.2) is 5.16 Å². The summed E-state index contributed by atoms with van der Waals surface area (Å²) in [6.45, 7) is 3.30. The van der Waals surface area contributed by atoms with Crippen LogP contribution in [0.3, 0.4) is 0 Å². The lowest BCUT2D eigenvalue weighted by Gasteiger charge is -2.33. The summed E-state index contributed by atoms with van der Waals surface area (Å²) in [4.78, 5) is 36.1. The Morgan fingerprint density at radius 2 is 2.00 bits per heavy atom. The molecule has 0 saturated carbocycles. The number of carbonyl (C=O) groups excluding carboxylic acids is 1. The highest BCUT2D eigenvalue weighted by Gasteiger charge is 2.27. The molecule has 0 radical (unpaired) electrons. The molecular weight excluding hydrogens is 400 g/mol. The first kappa shape index (κ1) is 20.4. The molecule has 0 atom stereocenters. The van der Waals surface area contributed by atoms with Crippen molar-refractivity contribution >= 4 is 28.8 Å². The Morgan fingerprint density at radius 3 is 2.73 bits per heavy atom. The zero-order valence-corrected chi connectivity index (χ0v) is 17.7. The van der Waals surface area contributed by atoms with E-state index in [1.54, 1.807) is 29.8 Å². The van der Waals surface area contributed by atoms with Gasteiger partial charge in [-0.15, -0.1) is 0 Å². The van der Waals surface area contributed by atoms with Gasteiger partial charge in [-0.1, -0.05) is 30.0 Å². The number of thioether (sulfide) groups is 1. The number of nitrogens with zero attached hydrogens (tertiary/aromatic N) is 4. The molecule has 3 heterocycles. The van der Waals surface area contributed by atoms with E-state index in [1.807, 2.05) is 47.2 Å². The molecule has 8 heteroatoms. The van der Waals surface area contributed by atoms with Gasteiger partial charge >= 0.3 is 6.09 Å². The predicted molar refractivity (Wildman–Crippen MR) is 117 cm³/mol. The summed E-state index contributed by atoms with van der Waals surface area (Å²) < 4.78 is 6.94. The maximum absolute atomic E-state index is 13.4. The molecule has 1 aromatic carbocycles. The van der Waals surface area contributed by atoms with E-state index in [2.05, 4.69) is 4.98 Å². The Balaban J connectivity index is 1.63. The van der Waals surface area contributed by atoms with E-state index in [-0.39, 0.29) is 17.7 Å². The fourth-order valence-corrected chi connectivity index (χ4v) is 4.70. The summed E-state index contributed by atoms with van der Waals surface area (Å²) >= 11 is 1.54. The highest BCUT2D eigenvalue weighted by Crippen LogP contribution is 2.29. The lowest BCUT2D eigenvalue weighted by Crippen LogP contribution is -2.41. The van der Waals surface area contributed by atoms with E-state index >= 15 is 0 Å². The van der Waals surface area contributed by atoms with Gasteiger partial charge in [0.25, 0.3) is 5.56 Å². The number of benzene rings is 1. The first-order valence-electron chi connectivity index (χ1n) is 10.1. The van der Waals surface area contributed by atoms with Gasteiger partial charge in [-0.2, -0.15) is 0 Å². The van der Waals surface area contributed by atoms with Crippen molar-refractivity contribution < 1.29 is 9.53 Å². The van der Waals surface area contributed by atoms with E-state index in [4.69, 9.17) is 9.72 Å². The van der Waals surface area contributed by atoms with Crippen LogP contribution in [-0.4, -0.2) is 45.2 Å². The van der Waals surface area contributed by atoms with Gasteiger partial charge in [0.2, 0.25) is 0 Å². The third-order valence-corrected chi connectivity index (χ3v) is 6.25. The number of para-hydroxylation sites is 1. The summed E-state index contributed by atoms with van der Waals surface area (Å²) in [5.74, 6) is 0.681. The number of hydrogen-bond acceptors (Lipinski definition) is 6. The van der Waals surface area contributed by atoms with Crippen LogP contribution in [0, 0.1) is 0 Å². The Morgan fingerprint density at radius 1 is 1.20 bits per heavy atom. The highest BCUT2D eigenvalue weighted by molar-refractivity contribution is 7.98. The summed E-state index contributed by atoms with van der Waals surface area (Å²) in [5.41, 5.74) is 1.76. The quantitative estimate of drug-likeness (QED) is 0.457. The molecule has 0 spiro atoms. The predicted octanol–water partition coefficient (Wildman–Crippen LogP) is 3.88. The van der Waals surface area contributed by atoms with Gasteiger partial charge in [-0.25, -0.2) is 9.78 Å². The molecule has 0 N–H and O–H groups in total. The molecule has 0 aliphatic carbocycles. The zero-order chi connectivity index (χ0) is 20.9. The van der Waals surface area contributed by atoms with Crippen LogP contribution in [0.2, 0.25) is 0 Å². The monoisotopic (exact) mass is 424 g/mol. The molecule has 1 fully saturated rings. The van der Waals surface area contributed by atoms with Gasteiger partial charge in [-0.3, -0.25) is 14.3 Å². The third kappa shape index (κ3) is 4.33. The Kier molecular flexibility index (Phi) is 6.32. The molecule has 7 nitrogen and oxygen atoms in total. The van der Waals surface area contributed by atoms with Gasteiger partial charge in [-0.05, 0) is 43.5 Å². The maximum atomic E-state index is 13.4. The average Bonchev–Trinajstić information content (AvgIpc) is 2.79. The van der Waals surface area contributed by atoms with Crippen LogP contribution in [-0.2, 0) is 10.5 Å². The van der Waals surface area contributed by atoms with Crippen molar-refractivity contribution in [2.24, 2.45) is 0 Å². The molecule has 3 aromatic rings. The minimum absolute atomic E-state index is 0.00307. The number of fused-ring (bicyclic) bond motifs is 1. The Bertz CT molecular complexity index is 1080. The van der Waals surface area contributed by atoms with Gasteiger partial charge in [0.05, 0.1) is 17.5 Å². The first-order chi connectivity index (χ1) is 14.7. The molecule has 4 rings (SSSR count). The highest BCUT2D eigenvalue weighted by atomic mass is 32.2. The molecular formula is C22H24N4O3S. The van der Waals surface area contributed by atoms with Crippen molar-refractivity contribution in [1.82, 2.24) is 19.4 Å². The molecule has 0 unspecified atom stereocenters. The van der Waals surface area contributed by atoms with Crippen molar-refractivity contribution in [3.63, 3.8) is 0 Å². The van der Waals surface area contributed by atoms with Crippen molar-refractivity contribution in [2.45, 2.75) is 36.7 Å². The molecule has 30 heavy (non-hydrogen) atoms. The standard InChI is InChI=1S/C22H24N4O3S/c1-2-29-22(28)25-12-9-17(10-13-25)26-20(27)18-7-3-4-8-19(18)24-21(26)30-15-16-6-5-11-23-14-16/h3-8,11,14,17H,2,9-10,12-13,15H2,1H3. The van der Waals surface area contributed by atoms with Crippen LogP contribution in [0.25, 0.3) is 10.9 Å². The second kappa shape index (κ2) is 9.30. The Labute approximate surface area is 179 Å². The molecule has 1 aliphatic rings. The number of likely N-dealkylation sites (tertiary alicyclic amines) is 1. The second-order valence-electron chi connectivity index (χ2n) is 7.15. The smallest absolute Gasteiger partial charge is 0.409 e. The van der Waals surface area contributed by atoms with Crippen molar-refractivity contribution in [3.8, 4) is 0 Å². The SMILES string of the molecule is CCOC(=O)N1CCC(n2c(SCc3cccnc3)nc3ccccc3c2=O)CC1. The first-order valence-corrected chi connectivity index (χ1v) is 11.1. The van der Waals surface area contributed by atoms with E-state index < -0.39 is 0 Å². The number of rotatable bonds is 5. The lowest BCUT2D eigenvalue weighted by atomic mass is 10.0. The van der Waals surface area contributed by atoms with Crippen LogP contribution >= 0.6 is 11.8 Å². The Hall–Kier alpha value is -2.87. The minimum atomic E-state index is -0.286. The normalized spacial score (nSPS) is 14.8. The molecule has 156 valence electrons. The van der Waals surface area contributed by atoms with E-state index in [9.17, 15) is 9.59 Å². The van der Waals surface area contributed by atoms with Crippen LogP contribution in [0.1, 0.15) is 31.4 Å². The number of amides is 1. The van der Waals surface area contributed by atoms with Crippen LogP contribution in [0.5, 0.6) is 0 Å². The number of pyridine rings is 1. The summed E-state index contributed by atoms with van der Waals surface area (Å²) in [5, 5.41) is 1.33. The molecule has 2 aromatic heterocycles. The number of aromatic nitrogens is 3. The zero-order valence-electron chi connectivity index (χ0n) is 16.9. The summed E-state index contributed by atoms with van der Waals surface area (Å²) in [6, 6.07) is 11.4. The number of hydrogen-bond donors (Lipinski definition) is 0. The average molecular weight is 425 g/mol. The lowest BCUT2D eigenvalue weighted by molar-refractivity contribution is 0.0915. The number of carbonyl (C=O) groups is 1. The van der Waals surface area contributed by atoms with Gasteiger partial charge in [0.1, 0.15) is 0 Å². The van der Waals surface area contributed by atoms with Crippen molar-refractivity contribution in [1.29, 1.82) is 0 Å². The van der Waals surface area contributed by atoms with E-state index in [0.29, 0.717) is 54.4 Å². The largest absolute Gasteiger partial charge is 0.450 e. The fourth-order valence-electron chi connectivity index (χ4n) is 3.70. The van der Waals surface area contributed by atoms with E-state index in [0.717, 1.165) is 5.56 Å². The van der Waals surface area contributed by atoms with Crippen molar-refractivity contribution in [2.75, 3.05) is 19.7 Å². The topological polar surface area (TPSA) is 77.3 Å². The van der Waals surface area contributed by atoms with Crippen molar-refractivity contribution in [3.05, 3.63) is 64.7 Å². The minimum Gasteiger partial charge on any atom is -0.450 e. The van der Waals surface area contributed by atoms with Crippen LogP contribution in [0.15, 0.2) is 58.7 Å². The third-order valence-electron chi connectivity index (χ3n) is 5.22.